The van der Waals surface area contributed by atoms with Gasteiger partial charge in [-0.15, -0.1) is 5.10 Å². The third-order valence-corrected chi connectivity index (χ3v) is 5.88. The molecule has 1 aliphatic rings. The van der Waals surface area contributed by atoms with Crippen molar-refractivity contribution in [1.82, 2.24) is 19.5 Å². The largest absolute Gasteiger partial charge is 0.492 e. The molecule has 1 fully saturated rings. The van der Waals surface area contributed by atoms with Crippen LogP contribution in [0.1, 0.15) is 42.1 Å². The minimum Gasteiger partial charge on any atom is -0.492 e. The Morgan fingerprint density at radius 3 is 2.88 bits per heavy atom. The number of aromatic nitrogens is 3. The van der Waals surface area contributed by atoms with Gasteiger partial charge in [0.05, 0.1) is 10.9 Å². The molecule has 0 amide bonds. The molecule has 2 atom stereocenters. The smallest absolute Gasteiger partial charge is 0.230 e. The van der Waals surface area contributed by atoms with Crippen molar-refractivity contribution in [2.75, 3.05) is 13.1 Å². The van der Waals surface area contributed by atoms with Crippen molar-refractivity contribution in [3.8, 4) is 5.88 Å². The van der Waals surface area contributed by atoms with Crippen LogP contribution in [-0.2, 0) is 0 Å². The summed E-state index contributed by atoms with van der Waals surface area (Å²) >= 11 is 1.38. The summed E-state index contributed by atoms with van der Waals surface area (Å²) in [6.07, 6.45) is 2.26. The van der Waals surface area contributed by atoms with Gasteiger partial charge in [0.1, 0.15) is 11.6 Å². The number of aromatic hydroxyl groups is 1. The molecule has 3 heterocycles. The van der Waals surface area contributed by atoms with Crippen LogP contribution in [0, 0.1) is 18.7 Å². The van der Waals surface area contributed by atoms with E-state index in [9.17, 15) is 9.50 Å². The Balaban J connectivity index is 1.85. The molecule has 1 saturated heterocycles. The molecule has 0 spiro atoms. The van der Waals surface area contributed by atoms with Crippen LogP contribution in [0.3, 0.4) is 0 Å². The van der Waals surface area contributed by atoms with Crippen LogP contribution in [0.2, 0.25) is 0 Å². The van der Waals surface area contributed by atoms with E-state index < -0.39 is 0 Å². The van der Waals surface area contributed by atoms with E-state index in [1.54, 1.807) is 19.1 Å². The second-order valence-corrected chi connectivity index (χ2v) is 7.82. The first kappa shape index (κ1) is 16.5. The van der Waals surface area contributed by atoms with Gasteiger partial charge >= 0.3 is 0 Å². The van der Waals surface area contributed by atoms with Crippen LogP contribution in [-0.4, -0.2) is 37.7 Å². The standard InChI is InChI=1S/C18H21FN4OS/c1-11-6-5-9-22(10-11)15(13-7-3-4-8-14(13)19)16-17(24)23-18(25-16)20-12(2)21-23/h3-4,7-8,11,15,24H,5-6,9-10H2,1-2H3/t11-,15-/m1/s1. The number of nitrogens with zero attached hydrogens (tertiary/aromatic N) is 4. The zero-order chi connectivity index (χ0) is 17.6. The predicted molar refractivity (Wildman–Crippen MR) is 95.5 cm³/mol. The first-order valence-electron chi connectivity index (χ1n) is 8.58. The third kappa shape index (κ3) is 2.91. The van der Waals surface area contributed by atoms with E-state index in [1.807, 2.05) is 6.07 Å². The van der Waals surface area contributed by atoms with E-state index in [0.29, 0.717) is 27.1 Å². The minimum atomic E-state index is -0.322. The van der Waals surface area contributed by atoms with E-state index in [1.165, 1.54) is 28.3 Å². The van der Waals surface area contributed by atoms with Crippen molar-refractivity contribution in [2.24, 2.45) is 5.92 Å². The molecule has 0 bridgehead atoms. The fourth-order valence-electron chi connectivity index (χ4n) is 3.69. The van der Waals surface area contributed by atoms with E-state index in [4.69, 9.17) is 0 Å². The highest BCUT2D eigenvalue weighted by molar-refractivity contribution is 7.17. The summed E-state index contributed by atoms with van der Waals surface area (Å²) in [5.41, 5.74) is 0.591. The van der Waals surface area contributed by atoms with Gasteiger partial charge in [-0.1, -0.05) is 36.5 Å². The molecule has 1 N–H and O–H groups in total. The number of piperidine rings is 1. The molecule has 0 radical (unpaired) electrons. The SMILES string of the molecule is Cc1nc2sc([C@@H](c3ccccc3F)N3CCC[C@@H](C)C3)c(O)n2n1. The van der Waals surface area contributed by atoms with Gasteiger partial charge in [-0.05, 0) is 38.3 Å². The number of hydrogen-bond acceptors (Lipinski definition) is 5. The fourth-order valence-corrected chi connectivity index (χ4v) is 4.84. The number of halogens is 1. The maximum atomic E-state index is 14.6. The molecule has 7 heteroatoms. The average Bonchev–Trinajstić information content (AvgIpc) is 3.08. The highest BCUT2D eigenvalue weighted by Crippen LogP contribution is 2.41. The molecule has 1 aromatic carbocycles. The van der Waals surface area contributed by atoms with Gasteiger partial charge < -0.3 is 5.11 Å². The Bertz CT molecular complexity index is 906. The Labute approximate surface area is 149 Å². The van der Waals surface area contributed by atoms with Crippen LogP contribution < -0.4 is 0 Å². The molecular formula is C18H21FN4OS. The second-order valence-electron chi connectivity index (χ2n) is 6.81. The van der Waals surface area contributed by atoms with Gasteiger partial charge in [0.25, 0.3) is 0 Å². The van der Waals surface area contributed by atoms with Crippen molar-refractivity contribution in [3.63, 3.8) is 0 Å². The van der Waals surface area contributed by atoms with Crippen LogP contribution >= 0.6 is 11.3 Å². The van der Waals surface area contributed by atoms with E-state index in [-0.39, 0.29) is 17.7 Å². The zero-order valence-corrected chi connectivity index (χ0v) is 15.1. The molecule has 0 unspecified atom stereocenters. The normalized spacial score (nSPS) is 20.2. The van der Waals surface area contributed by atoms with Crippen LogP contribution in [0.4, 0.5) is 4.39 Å². The van der Waals surface area contributed by atoms with E-state index in [2.05, 4.69) is 21.9 Å². The lowest BCUT2D eigenvalue weighted by Crippen LogP contribution is -2.38. The van der Waals surface area contributed by atoms with Gasteiger partial charge in [-0.2, -0.15) is 4.52 Å². The highest BCUT2D eigenvalue weighted by atomic mass is 32.1. The summed E-state index contributed by atoms with van der Waals surface area (Å²) in [6.45, 7) is 5.77. The van der Waals surface area contributed by atoms with Crippen LogP contribution in [0.25, 0.3) is 4.96 Å². The van der Waals surface area contributed by atoms with Gasteiger partial charge in [0.15, 0.2) is 0 Å². The minimum absolute atomic E-state index is 0.0621. The molecule has 132 valence electrons. The third-order valence-electron chi connectivity index (χ3n) is 4.81. The number of aryl methyl sites for hydroxylation is 1. The maximum Gasteiger partial charge on any atom is 0.230 e. The molecule has 5 nitrogen and oxygen atoms in total. The van der Waals surface area contributed by atoms with E-state index in [0.717, 1.165) is 19.5 Å². The summed E-state index contributed by atoms with van der Waals surface area (Å²) < 4.78 is 16.1. The quantitative estimate of drug-likeness (QED) is 0.773. The average molecular weight is 360 g/mol. The Morgan fingerprint density at radius 1 is 1.36 bits per heavy atom. The molecule has 4 rings (SSSR count). The topological polar surface area (TPSA) is 53.7 Å². The number of thiazole rings is 1. The van der Waals surface area contributed by atoms with Crippen molar-refractivity contribution < 1.29 is 9.50 Å². The Hall–Kier alpha value is -1.99. The van der Waals surface area contributed by atoms with Crippen molar-refractivity contribution in [3.05, 3.63) is 46.3 Å². The molecule has 3 aromatic rings. The predicted octanol–water partition coefficient (Wildman–Crippen LogP) is 3.77. The summed E-state index contributed by atoms with van der Waals surface area (Å²) in [4.78, 5) is 7.96. The maximum absolute atomic E-state index is 14.6. The molecule has 2 aromatic heterocycles. The van der Waals surface area contributed by atoms with Crippen molar-refractivity contribution >= 4 is 16.3 Å². The molecule has 0 saturated carbocycles. The first-order chi connectivity index (χ1) is 12.0. The lowest BCUT2D eigenvalue weighted by Gasteiger charge is -2.37. The summed E-state index contributed by atoms with van der Waals surface area (Å²) in [5.74, 6) is 0.976. The summed E-state index contributed by atoms with van der Waals surface area (Å²) in [7, 11) is 0. The Kier molecular flexibility index (Phi) is 4.21. The molecular weight excluding hydrogens is 339 g/mol. The number of benzene rings is 1. The second kappa shape index (κ2) is 6.38. The van der Waals surface area contributed by atoms with Gasteiger partial charge in [-0.3, -0.25) is 4.90 Å². The number of hydrogen-bond donors (Lipinski definition) is 1. The van der Waals surface area contributed by atoms with Gasteiger partial charge in [0, 0.05) is 12.1 Å². The van der Waals surface area contributed by atoms with Gasteiger partial charge in [-0.25, -0.2) is 9.37 Å². The van der Waals surface area contributed by atoms with Crippen LogP contribution in [0.15, 0.2) is 24.3 Å². The summed E-state index contributed by atoms with van der Waals surface area (Å²) in [5, 5.41) is 15.0. The van der Waals surface area contributed by atoms with Gasteiger partial charge in [0.2, 0.25) is 10.8 Å². The van der Waals surface area contributed by atoms with E-state index >= 15 is 0 Å². The number of likely N-dealkylation sites (tertiary alicyclic amines) is 1. The molecule has 0 aliphatic carbocycles. The Morgan fingerprint density at radius 2 is 2.16 bits per heavy atom. The van der Waals surface area contributed by atoms with Crippen molar-refractivity contribution in [2.45, 2.75) is 32.7 Å². The number of rotatable bonds is 3. The summed E-state index contributed by atoms with van der Waals surface area (Å²) in [6, 6.07) is 6.50. The lowest BCUT2D eigenvalue weighted by molar-refractivity contribution is 0.147. The fraction of sp³-hybridized carbons (Fsp3) is 0.444. The molecule has 25 heavy (non-hydrogen) atoms. The number of fused-ring (bicyclic) bond motifs is 1. The lowest BCUT2D eigenvalue weighted by atomic mass is 9.95. The zero-order valence-electron chi connectivity index (χ0n) is 14.3. The highest BCUT2D eigenvalue weighted by Gasteiger charge is 2.33. The monoisotopic (exact) mass is 360 g/mol. The first-order valence-corrected chi connectivity index (χ1v) is 9.39. The van der Waals surface area contributed by atoms with Crippen molar-refractivity contribution in [1.29, 1.82) is 0 Å². The molecule has 1 aliphatic heterocycles. The van der Waals surface area contributed by atoms with Crippen LogP contribution in [0.5, 0.6) is 5.88 Å².